The second-order valence-electron chi connectivity index (χ2n) is 11.1. The molecular formula is C25H60O6Si4. The van der Waals surface area contributed by atoms with Crippen LogP contribution < -0.4 is 0 Å². The van der Waals surface area contributed by atoms with Gasteiger partial charge in [-0.2, -0.15) is 0 Å². The second-order valence-corrected chi connectivity index (χ2v) is 27.0. The Balaban J connectivity index is 4.62. The second kappa shape index (κ2) is 18.8. The van der Waals surface area contributed by atoms with Crippen LogP contribution in [0.2, 0.25) is 62.5 Å². The molecule has 0 aliphatic rings. The molecule has 0 unspecified atom stereocenters. The first-order valence-electron chi connectivity index (χ1n) is 13.8. The highest BCUT2D eigenvalue weighted by molar-refractivity contribution is 6.78. The maximum atomic E-state index is 5.66. The molecule has 0 aliphatic carbocycles. The lowest BCUT2D eigenvalue weighted by molar-refractivity contribution is 0.248. The summed E-state index contributed by atoms with van der Waals surface area (Å²) in [4.78, 5) is 0. The fourth-order valence-corrected chi connectivity index (χ4v) is 13.2. The van der Waals surface area contributed by atoms with Gasteiger partial charge in [-0.1, -0.05) is 82.5 Å². The summed E-state index contributed by atoms with van der Waals surface area (Å²) in [5.74, 6) is 0. The topological polar surface area (TPSA) is 55.4 Å². The maximum Gasteiger partial charge on any atom is 0.334 e. The highest BCUT2D eigenvalue weighted by Crippen LogP contribution is 2.31. The van der Waals surface area contributed by atoms with Crippen LogP contribution in [0.5, 0.6) is 0 Å². The number of rotatable bonds is 24. The van der Waals surface area contributed by atoms with Crippen molar-refractivity contribution in [2.75, 3.05) is 42.7 Å². The van der Waals surface area contributed by atoms with E-state index in [1.807, 2.05) is 0 Å². The molecule has 6 nitrogen and oxygen atoms in total. The summed E-state index contributed by atoms with van der Waals surface area (Å²) in [5, 5.41) is 0. The van der Waals surface area contributed by atoms with E-state index in [0.717, 1.165) is 18.1 Å². The van der Waals surface area contributed by atoms with Gasteiger partial charge in [-0.15, -0.1) is 0 Å². The predicted molar refractivity (Wildman–Crippen MR) is 159 cm³/mol. The smallest absolute Gasteiger partial charge is 0.334 e. The Labute approximate surface area is 222 Å². The quantitative estimate of drug-likeness (QED) is 0.0879. The first-order valence-corrected chi connectivity index (χ1v) is 24.5. The van der Waals surface area contributed by atoms with E-state index in [4.69, 9.17) is 26.6 Å². The van der Waals surface area contributed by atoms with E-state index < -0.39 is 33.8 Å². The summed E-state index contributed by atoms with van der Waals surface area (Å²) in [6, 6.07) is 7.66. The van der Waals surface area contributed by atoms with Gasteiger partial charge in [0.05, 0.1) is 8.07 Å². The molecule has 0 bridgehead atoms. The standard InChI is InChI=1S/C25H60O6Si4/c1-26-33(8,27-2)23-17-11-14-20-32(7,21-15-12-18-24-34(9,28-3)29-4)22-16-13-19-25-35(10,30-5)31-6/h11-25H2,1-10H3. The minimum absolute atomic E-state index is 1.10. The number of hydrogen-bond donors (Lipinski definition) is 0. The molecule has 0 fully saturated rings. The number of unbranched alkanes of at least 4 members (excludes halogenated alkanes) is 6. The monoisotopic (exact) mass is 568 g/mol. The minimum atomic E-state index is -1.92. The lowest BCUT2D eigenvalue weighted by atomic mass is 10.3. The van der Waals surface area contributed by atoms with Gasteiger partial charge in [0.1, 0.15) is 0 Å². The molecule has 0 saturated heterocycles. The van der Waals surface area contributed by atoms with Crippen molar-refractivity contribution >= 4 is 33.8 Å². The van der Waals surface area contributed by atoms with Crippen molar-refractivity contribution in [2.45, 2.75) is 120 Å². The molecule has 0 N–H and O–H groups in total. The fraction of sp³-hybridized carbons (Fsp3) is 1.00. The van der Waals surface area contributed by atoms with Crippen molar-refractivity contribution in [1.29, 1.82) is 0 Å². The van der Waals surface area contributed by atoms with Gasteiger partial charge in [-0.3, -0.25) is 0 Å². The van der Waals surface area contributed by atoms with Gasteiger partial charge < -0.3 is 26.6 Å². The summed E-state index contributed by atoms with van der Waals surface area (Å²) in [6.07, 6.45) is 11.7. The highest BCUT2D eigenvalue weighted by Gasteiger charge is 2.31. The van der Waals surface area contributed by atoms with E-state index in [-0.39, 0.29) is 0 Å². The third-order valence-electron chi connectivity index (χ3n) is 8.32. The van der Waals surface area contributed by atoms with Gasteiger partial charge in [0, 0.05) is 42.7 Å². The van der Waals surface area contributed by atoms with Gasteiger partial charge in [-0.05, 0) is 37.8 Å². The van der Waals surface area contributed by atoms with Crippen LogP contribution in [0.3, 0.4) is 0 Å². The van der Waals surface area contributed by atoms with Crippen molar-refractivity contribution < 1.29 is 26.6 Å². The van der Waals surface area contributed by atoms with Crippen LogP contribution in [0.1, 0.15) is 57.8 Å². The zero-order valence-electron chi connectivity index (χ0n) is 25.1. The molecule has 0 atom stereocenters. The van der Waals surface area contributed by atoms with Crippen LogP contribution in [0.15, 0.2) is 0 Å². The first kappa shape index (κ1) is 35.6. The molecule has 212 valence electrons. The first-order chi connectivity index (χ1) is 16.5. The predicted octanol–water partition coefficient (Wildman–Crippen LogP) is 7.67. The molecule has 0 aromatic heterocycles. The molecule has 0 heterocycles. The molecule has 0 radical (unpaired) electrons. The lowest BCUT2D eigenvalue weighted by Gasteiger charge is -2.29. The van der Waals surface area contributed by atoms with Crippen molar-refractivity contribution in [3.05, 3.63) is 0 Å². The van der Waals surface area contributed by atoms with Crippen molar-refractivity contribution in [3.63, 3.8) is 0 Å². The van der Waals surface area contributed by atoms with E-state index in [0.29, 0.717) is 0 Å². The SMILES string of the molecule is CO[Si](C)(CCCCC[Si](C)(CCCCC[Si](C)(OC)OC)CCCCC[Si](C)(OC)OC)OC. The molecule has 10 heteroatoms. The normalized spacial score (nSPS) is 13.5. The van der Waals surface area contributed by atoms with Crippen LogP contribution in [0.25, 0.3) is 0 Å². The van der Waals surface area contributed by atoms with Crippen LogP contribution in [0.4, 0.5) is 0 Å². The zero-order chi connectivity index (χ0) is 26.8. The minimum Gasteiger partial charge on any atom is -0.398 e. The van der Waals surface area contributed by atoms with Crippen molar-refractivity contribution in [1.82, 2.24) is 0 Å². The largest absolute Gasteiger partial charge is 0.398 e. The van der Waals surface area contributed by atoms with Gasteiger partial charge >= 0.3 is 25.7 Å². The van der Waals surface area contributed by atoms with Gasteiger partial charge in [0.2, 0.25) is 0 Å². The summed E-state index contributed by atoms with van der Waals surface area (Å²) < 4.78 is 34.0. The summed E-state index contributed by atoms with van der Waals surface area (Å²) in [6.45, 7) is 9.19. The number of hydrogen-bond acceptors (Lipinski definition) is 6. The molecule has 0 spiro atoms. The van der Waals surface area contributed by atoms with E-state index in [2.05, 4.69) is 26.2 Å². The van der Waals surface area contributed by atoms with Crippen LogP contribution in [-0.4, -0.2) is 76.4 Å². The zero-order valence-corrected chi connectivity index (χ0v) is 29.1. The average Bonchev–Trinajstić information content (AvgIpc) is 2.87. The third-order valence-corrected chi connectivity index (χ3v) is 22.0. The Morgan fingerprint density at radius 3 is 0.714 bits per heavy atom. The third kappa shape index (κ3) is 15.6. The van der Waals surface area contributed by atoms with E-state index in [1.165, 1.54) is 75.9 Å². The summed E-state index contributed by atoms with van der Waals surface area (Å²) >= 11 is 0. The Hall–Kier alpha value is 0.628. The van der Waals surface area contributed by atoms with Crippen LogP contribution in [0, 0.1) is 0 Å². The molecule has 0 aromatic rings. The summed E-state index contributed by atoms with van der Waals surface area (Å²) in [5.41, 5.74) is 0. The van der Waals surface area contributed by atoms with Gasteiger partial charge in [-0.25, -0.2) is 0 Å². The highest BCUT2D eigenvalue weighted by atomic mass is 28.4. The van der Waals surface area contributed by atoms with Gasteiger partial charge in [0.15, 0.2) is 0 Å². The van der Waals surface area contributed by atoms with E-state index in [1.54, 1.807) is 42.7 Å². The molecule has 35 heavy (non-hydrogen) atoms. The molecular weight excluding hydrogens is 509 g/mol. The lowest BCUT2D eigenvalue weighted by Crippen LogP contribution is -2.36. The van der Waals surface area contributed by atoms with Crippen molar-refractivity contribution in [3.8, 4) is 0 Å². The van der Waals surface area contributed by atoms with Gasteiger partial charge in [0.25, 0.3) is 0 Å². The van der Waals surface area contributed by atoms with E-state index in [9.17, 15) is 0 Å². The Kier molecular flexibility index (Phi) is 19.1. The Bertz CT molecular complexity index is 445. The fourth-order valence-electron chi connectivity index (χ4n) is 4.76. The molecule has 0 aliphatic heterocycles. The average molecular weight is 569 g/mol. The Morgan fingerprint density at radius 1 is 0.314 bits per heavy atom. The maximum absolute atomic E-state index is 5.66. The van der Waals surface area contributed by atoms with Crippen LogP contribution in [-0.2, 0) is 26.6 Å². The molecule has 0 saturated carbocycles. The molecule has 0 aromatic carbocycles. The molecule has 0 amide bonds. The van der Waals surface area contributed by atoms with Crippen molar-refractivity contribution in [2.24, 2.45) is 0 Å². The van der Waals surface area contributed by atoms with E-state index >= 15 is 0 Å². The molecule has 0 rings (SSSR count). The summed E-state index contributed by atoms with van der Waals surface area (Å²) in [7, 11) is 3.80. The Morgan fingerprint density at radius 2 is 0.514 bits per heavy atom. The van der Waals surface area contributed by atoms with Crippen LogP contribution >= 0.6 is 0 Å².